The molecule has 3 aliphatic rings. The summed E-state index contributed by atoms with van der Waals surface area (Å²) in [6.07, 6.45) is -3.92. The van der Waals surface area contributed by atoms with Crippen molar-refractivity contribution in [2.75, 3.05) is 11.4 Å². The lowest BCUT2D eigenvalue weighted by atomic mass is 9.67. The molecule has 8 nitrogen and oxygen atoms in total. The summed E-state index contributed by atoms with van der Waals surface area (Å²) in [5.74, 6) is -3.24. The molecule has 0 aliphatic carbocycles. The van der Waals surface area contributed by atoms with E-state index in [2.05, 4.69) is 4.72 Å². The van der Waals surface area contributed by atoms with Crippen LogP contribution < -0.4 is 9.62 Å². The first-order valence-corrected chi connectivity index (χ1v) is 13.1. The van der Waals surface area contributed by atoms with Gasteiger partial charge in [-0.05, 0) is 56.5 Å². The van der Waals surface area contributed by atoms with Gasteiger partial charge in [0.2, 0.25) is 21.8 Å². The lowest BCUT2D eigenvalue weighted by Gasteiger charge is -2.31. The summed E-state index contributed by atoms with van der Waals surface area (Å²) in [6.45, 7) is 1.63. The number of hydrogen-bond donors (Lipinski definition) is 1. The average molecular weight is 534 g/mol. The fourth-order valence-electron chi connectivity index (χ4n) is 5.95. The number of amides is 2. The number of carbonyl (C=O) groups excluding carboxylic acids is 2. The number of sulfonamides is 1. The molecule has 2 aromatic rings. The first-order valence-electron chi connectivity index (χ1n) is 11.6. The van der Waals surface area contributed by atoms with Crippen LogP contribution in [0, 0.1) is 23.2 Å². The first kappa shape index (κ1) is 25.4. The number of nitriles is 1. The SMILES string of the molecule is CC12CCC(CCNS(=O)(=O)c3ccccc3)(O1)[C@@H]1C(=O)N(c3ccc(C#N)c(C(F)(F)F)c3)C(=O)C12. The summed E-state index contributed by atoms with van der Waals surface area (Å²) in [5, 5.41) is 9.07. The Morgan fingerprint density at radius 2 is 1.78 bits per heavy atom. The van der Waals surface area contributed by atoms with E-state index in [1.54, 1.807) is 25.1 Å². The molecule has 0 radical (unpaired) electrons. The van der Waals surface area contributed by atoms with Crippen LogP contribution in [0.15, 0.2) is 53.4 Å². The summed E-state index contributed by atoms with van der Waals surface area (Å²) in [6, 6.07) is 12.0. The van der Waals surface area contributed by atoms with Crippen LogP contribution in [0.25, 0.3) is 0 Å². The molecule has 3 aliphatic heterocycles. The molecule has 194 valence electrons. The zero-order chi connectivity index (χ0) is 26.8. The third-order valence-corrected chi connectivity index (χ3v) is 9.07. The van der Waals surface area contributed by atoms with Crippen molar-refractivity contribution in [1.82, 2.24) is 4.72 Å². The number of benzene rings is 2. The molecule has 2 amide bonds. The second kappa shape index (κ2) is 8.37. The van der Waals surface area contributed by atoms with E-state index in [0.717, 1.165) is 17.0 Å². The van der Waals surface area contributed by atoms with E-state index in [1.165, 1.54) is 18.2 Å². The van der Waals surface area contributed by atoms with Crippen molar-refractivity contribution in [3.63, 3.8) is 0 Å². The number of imide groups is 1. The highest BCUT2D eigenvalue weighted by Crippen LogP contribution is 2.62. The highest BCUT2D eigenvalue weighted by Gasteiger charge is 2.73. The molecule has 4 atom stereocenters. The molecule has 0 aromatic heterocycles. The minimum absolute atomic E-state index is 0.0624. The van der Waals surface area contributed by atoms with Gasteiger partial charge in [-0.1, -0.05) is 18.2 Å². The van der Waals surface area contributed by atoms with E-state index in [9.17, 15) is 31.2 Å². The zero-order valence-corrected chi connectivity index (χ0v) is 20.4. The van der Waals surface area contributed by atoms with E-state index in [0.29, 0.717) is 18.9 Å². The number of nitrogens with one attached hydrogen (secondary N) is 1. The van der Waals surface area contributed by atoms with Crippen molar-refractivity contribution in [2.45, 2.75) is 48.5 Å². The number of alkyl halides is 3. The molecule has 3 unspecified atom stereocenters. The number of hydrogen-bond acceptors (Lipinski definition) is 6. The smallest absolute Gasteiger partial charge is 0.367 e. The van der Waals surface area contributed by atoms with Crippen LogP contribution >= 0.6 is 0 Å². The van der Waals surface area contributed by atoms with Gasteiger partial charge in [0.25, 0.3) is 0 Å². The van der Waals surface area contributed by atoms with Crippen molar-refractivity contribution < 1.29 is 35.9 Å². The number of nitrogens with zero attached hydrogens (tertiary/aromatic N) is 2. The second-order valence-electron chi connectivity index (χ2n) is 9.75. The number of fused-ring (bicyclic) bond motifs is 5. The number of halogens is 3. The van der Waals surface area contributed by atoms with E-state index < -0.39 is 62.2 Å². The highest BCUT2D eigenvalue weighted by atomic mass is 32.2. The van der Waals surface area contributed by atoms with Gasteiger partial charge in [-0.25, -0.2) is 18.0 Å². The summed E-state index contributed by atoms with van der Waals surface area (Å²) < 4.78 is 74.6. The van der Waals surface area contributed by atoms with Gasteiger partial charge < -0.3 is 4.74 Å². The first-order chi connectivity index (χ1) is 17.3. The minimum atomic E-state index is -4.85. The Morgan fingerprint density at radius 1 is 1.11 bits per heavy atom. The highest BCUT2D eigenvalue weighted by molar-refractivity contribution is 7.89. The molecular formula is C25H22F3N3O5S. The number of anilines is 1. The van der Waals surface area contributed by atoms with Crippen molar-refractivity contribution in [2.24, 2.45) is 11.8 Å². The Labute approximate surface area is 211 Å². The van der Waals surface area contributed by atoms with Crippen LogP contribution in [0.4, 0.5) is 18.9 Å². The molecule has 37 heavy (non-hydrogen) atoms. The fourth-order valence-corrected chi connectivity index (χ4v) is 7.00. The standard InChI is InChI=1S/C25H22F3N3O5S/c1-23-9-10-24(36-23,11-12-30-37(34,35)17-5-3-2-4-6-17)20-19(23)21(32)31(22(20)33)16-8-7-15(14-29)18(13-16)25(26,27)28/h2-8,13,19-20,30H,9-12H2,1H3/t19?,20-,23?,24?/m0/s1. The van der Waals surface area contributed by atoms with E-state index in [-0.39, 0.29) is 23.5 Å². The molecule has 3 heterocycles. The Kier molecular flexibility index (Phi) is 5.74. The van der Waals surface area contributed by atoms with Gasteiger partial charge in [0.1, 0.15) is 0 Å². The molecule has 12 heteroatoms. The summed E-state index contributed by atoms with van der Waals surface area (Å²) in [7, 11) is -3.81. The Balaban J connectivity index is 1.43. The molecule has 2 aromatic carbocycles. The largest absolute Gasteiger partial charge is 0.417 e. The van der Waals surface area contributed by atoms with Gasteiger partial charge in [0.05, 0.1) is 50.8 Å². The molecule has 0 spiro atoms. The molecule has 3 saturated heterocycles. The van der Waals surface area contributed by atoms with E-state index in [1.807, 2.05) is 0 Å². The van der Waals surface area contributed by atoms with Crippen LogP contribution in [0.2, 0.25) is 0 Å². The van der Waals surface area contributed by atoms with Gasteiger partial charge >= 0.3 is 6.18 Å². The minimum Gasteiger partial charge on any atom is -0.367 e. The normalized spacial score (nSPS) is 29.0. The van der Waals surface area contributed by atoms with E-state index >= 15 is 0 Å². The lowest BCUT2D eigenvalue weighted by Crippen LogP contribution is -2.44. The third-order valence-electron chi connectivity index (χ3n) is 7.59. The Bertz CT molecular complexity index is 1440. The Morgan fingerprint density at radius 3 is 2.43 bits per heavy atom. The van der Waals surface area contributed by atoms with Crippen LogP contribution in [0.3, 0.4) is 0 Å². The number of rotatable bonds is 6. The van der Waals surface area contributed by atoms with Crippen LogP contribution in [0.5, 0.6) is 0 Å². The monoisotopic (exact) mass is 533 g/mol. The van der Waals surface area contributed by atoms with E-state index in [4.69, 9.17) is 10.00 Å². The van der Waals surface area contributed by atoms with Gasteiger partial charge in [-0.15, -0.1) is 0 Å². The van der Waals surface area contributed by atoms with Gasteiger partial charge in [-0.2, -0.15) is 18.4 Å². The van der Waals surface area contributed by atoms with Crippen LogP contribution in [-0.4, -0.2) is 38.0 Å². The third kappa shape index (κ3) is 3.93. The van der Waals surface area contributed by atoms with Gasteiger partial charge in [0.15, 0.2) is 0 Å². The number of ether oxygens (including phenoxy) is 1. The van der Waals surface area contributed by atoms with Crippen molar-refractivity contribution in [1.29, 1.82) is 5.26 Å². The number of carbonyl (C=O) groups is 2. The summed E-state index contributed by atoms with van der Waals surface area (Å²) >= 11 is 0. The quantitative estimate of drug-likeness (QED) is 0.569. The van der Waals surface area contributed by atoms with Crippen LogP contribution in [-0.2, 0) is 30.5 Å². The van der Waals surface area contributed by atoms with Gasteiger partial charge in [-0.3, -0.25) is 9.59 Å². The molecular weight excluding hydrogens is 511 g/mol. The van der Waals surface area contributed by atoms with Crippen molar-refractivity contribution >= 4 is 27.5 Å². The summed E-state index contributed by atoms with van der Waals surface area (Å²) in [5.41, 5.74) is -4.27. The Hall–Kier alpha value is -3.27. The lowest BCUT2D eigenvalue weighted by molar-refractivity contribution is -0.138. The molecule has 2 bridgehead atoms. The average Bonchev–Trinajstić information content (AvgIpc) is 3.43. The van der Waals surface area contributed by atoms with Crippen molar-refractivity contribution in [3.8, 4) is 6.07 Å². The molecule has 3 fully saturated rings. The second-order valence-corrected chi connectivity index (χ2v) is 11.5. The molecule has 1 N–H and O–H groups in total. The predicted octanol–water partition coefficient (Wildman–Crippen LogP) is 3.37. The fraction of sp³-hybridized carbons (Fsp3) is 0.400. The summed E-state index contributed by atoms with van der Waals surface area (Å²) in [4.78, 5) is 27.8. The zero-order valence-electron chi connectivity index (χ0n) is 19.6. The molecule has 5 rings (SSSR count). The maximum atomic E-state index is 13.6. The van der Waals surface area contributed by atoms with Crippen LogP contribution in [0.1, 0.15) is 37.3 Å². The predicted molar refractivity (Wildman–Crippen MR) is 123 cm³/mol. The maximum absolute atomic E-state index is 13.6. The molecule has 0 saturated carbocycles. The topological polar surface area (TPSA) is 117 Å². The van der Waals surface area contributed by atoms with Crippen molar-refractivity contribution in [3.05, 3.63) is 59.7 Å². The van der Waals surface area contributed by atoms with Gasteiger partial charge in [0, 0.05) is 6.54 Å². The maximum Gasteiger partial charge on any atom is 0.417 e.